The molecule has 0 aliphatic carbocycles. The van der Waals surface area contributed by atoms with Crippen molar-refractivity contribution in [3.05, 3.63) is 48.0 Å². The number of alkyl carbamates (subject to hydrolysis) is 1. The van der Waals surface area contributed by atoms with E-state index >= 15 is 0 Å². The lowest BCUT2D eigenvalue weighted by molar-refractivity contribution is 0.0482. The van der Waals surface area contributed by atoms with Crippen LogP contribution in [0.1, 0.15) is 32.4 Å². The van der Waals surface area contributed by atoms with E-state index in [2.05, 4.69) is 5.32 Å². The molecular formula is C17H21NO3. The van der Waals surface area contributed by atoms with Crippen molar-refractivity contribution in [1.29, 1.82) is 0 Å². The van der Waals surface area contributed by atoms with Crippen LogP contribution >= 0.6 is 0 Å². The Labute approximate surface area is 124 Å². The molecule has 0 bridgehead atoms. The summed E-state index contributed by atoms with van der Waals surface area (Å²) < 4.78 is 5.24. The number of nitrogens with one attached hydrogen (secondary N) is 1. The van der Waals surface area contributed by atoms with Gasteiger partial charge in [-0.25, -0.2) is 4.79 Å². The lowest BCUT2D eigenvalue weighted by Crippen LogP contribution is -2.36. The number of carbonyl (C=O) groups excluding carboxylic acids is 1. The molecule has 2 rings (SSSR count). The second-order valence-electron chi connectivity index (χ2n) is 5.95. The Hall–Kier alpha value is -2.07. The van der Waals surface area contributed by atoms with Crippen LogP contribution < -0.4 is 5.32 Å². The fraction of sp³-hybridized carbons (Fsp3) is 0.353. The minimum Gasteiger partial charge on any atom is -0.444 e. The Morgan fingerprint density at radius 2 is 1.86 bits per heavy atom. The summed E-state index contributed by atoms with van der Waals surface area (Å²) >= 11 is 0. The Morgan fingerprint density at radius 1 is 1.19 bits per heavy atom. The number of ether oxygens (including phenoxy) is 1. The van der Waals surface area contributed by atoms with Crippen LogP contribution in [-0.4, -0.2) is 23.4 Å². The first-order chi connectivity index (χ1) is 9.90. The minimum absolute atomic E-state index is 0.187. The van der Waals surface area contributed by atoms with Gasteiger partial charge < -0.3 is 15.2 Å². The zero-order chi connectivity index (χ0) is 15.5. The minimum atomic E-state index is -0.567. The van der Waals surface area contributed by atoms with Gasteiger partial charge in [0.05, 0.1) is 12.6 Å². The third-order valence-electron chi connectivity index (χ3n) is 3.07. The summed E-state index contributed by atoms with van der Waals surface area (Å²) in [6, 6.07) is 13.2. The highest BCUT2D eigenvalue weighted by Crippen LogP contribution is 2.24. The van der Waals surface area contributed by atoms with Gasteiger partial charge in [-0.2, -0.15) is 0 Å². The SMILES string of the molecule is CC(C)(C)OC(=O)NC(CO)c1cccc2ccccc12. The maximum absolute atomic E-state index is 11.9. The van der Waals surface area contributed by atoms with Crippen molar-refractivity contribution >= 4 is 16.9 Å². The van der Waals surface area contributed by atoms with Crippen LogP contribution in [0.15, 0.2) is 42.5 Å². The number of aliphatic hydroxyl groups is 1. The number of rotatable bonds is 3. The normalized spacial score (nSPS) is 13.0. The topological polar surface area (TPSA) is 58.6 Å². The molecule has 0 saturated carbocycles. The van der Waals surface area contributed by atoms with Gasteiger partial charge in [0.25, 0.3) is 0 Å². The molecule has 21 heavy (non-hydrogen) atoms. The van der Waals surface area contributed by atoms with Crippen molar-refractivity contribution in [2.45, 2.75) is 32.4 Å². The molecule has 0 spiro atoms. The molecule has 0 fully saturated rings. The van der Waals surface area contributed by atoms with Crippen molar-refractivity contribution in [2.24, 2.45) is 0 Å². The Kier molecular flexibility index (Phi) is 4.48. The molecule has 0 radical (unpaired) electrons. The van der Waals surface area contributed by atoms with E-state index in [1.54, 1.807) is 20.8 Å². The van der Waals surface area contributed by atoms with E-state index in [0.29, 0.717) is 0 Å². The molecule has 2 aromatic rings. The summed E-state index contributed by atoms with van der Waals surface area (Å²) in [5.41, 5.74) is 0.310. The molecule has 0 aromatic heterocycles. The predicted octanol–water partition coefficient (Wildman–Crippen LogP) is 3.40. The van der Waals surface area contributed by atoms with Crippen molar-refractivity contribution in [3.63, 3.8) is 0 Å². The molecule has 4 nitrogen and oxygen atoms in total. The number of benzene rings is 2. The number of amides is 1. The number of aliphatic hydroxyl groups excluding tert-OH is 1. The molecule has 112 valence electrons. The van der Waals surface area contributed by atoms with Crippen LogP contribution in [0.3, 0.4) is 0 Å². The molecule has 0 heterocycles. The van der Waals surface area contributed by atoms with Gasteiger partial charge in [-0.05, 0) is 37.1 Å². The quantitative estimate of drug-likeness (QED) is 0.909. The number of hydrogen-bond donors (Lipinski definition) is 2. The highest BCUT2D eigenvalue weighted by Gasteiger charge is 2.21. The molecule has 1 unspecified atom stereocenters. The Morgan fingerprint density at radius 3 is 2.52 bits per heavy atom. The lowest BCUT2D eigenvalue weighted by Gasteiger charge is -2.23. The van der Waals surface area contributed by atoms with Crippen molar-refractivity contribution < 1.29 is 14.6 Å². The highest BCUT2D eigenvalue weighted by atomic mass is 16.6. The molecule has 0 saturated heterocycles. The summed E-state index contributed by atoms with van der Waals surface area (Å²) in [6.07, 6.45) is -0.533. The van der Waals surface area contributed by atoms with E-state index in [1.807, 2.05) is 42.5 Å². The van der Waals surface area contributed by atoms with E-state index in [1.165, 1.54) is 0 Å². The molecule has 1 amide bonds. The largest absolute Gasteiger partial charge is 0.444 e. The lowest BCUT2D eigenvalue weighted by atomic mass is 9.99. The molecule has 0 aliphatic heterocycles. The predicted molar refractivity (Wildman–Crippen MR) is 83.1 cm³/mol. The maximum Gasteiger partial charge on any atom is 0.408 e. The fourth-order valence-electron chi connectivity index (χ4n) is 2.23. The Bertz CT molecular complexity index is 626. The van der Waals surface area contributed by atoms with E-state index in [4.69, 9.17) is 4.74 Å². The van der Waals surface area contributed by atoms with Gasteiger partial charge in [0, 0.05) is 0 Å². The van der Waals surface area contributed by atoms with Crippen LogP contribution in [0.5, 0.6) is 0 Å². The van der Waals surface area contributed by atoms with Gasteiger partial charge in [-0.1, -0.05) is 42.5 Å². The zero-order valence-electron chi connectivity index (χ0n) is 12.6. The average molecular weight is 287 g/mol. The monoisotopic (exact) mass is 287 g/mol. The standard InChI is InChI=1S/C17H21NO3/c1-17(2,3)21-16(20)18-15(11-19)14-10-6-8-12-7-4-5-9-13(12)14/h4-10,15,19H,11H2,1-3H3,(H,18,20). The fourth-order valence-corrected chi connectivity index (χ4v) is 2.23. The van der Waals surface area contributed by atoms with Gasteiger partial charge >= 0.3 is 6.09 Å². The van der Waals surface area contributed by atoms with E-state index in [0.717, 1.165) is 16.3 Å². The third-order valence-corrected chi connectivity index (χ3v) is 3.07. The first-order valence-corrected chi connectivity index (χ1v) is 6.99. The van der Waals surface area contributed by atoms with E-state index in [-0.39, 0.29) is 6.61 Å². The van der Waals surface area contributed by atoms with Gasteiger partial charge in [0.2, 0.25) is 0 Å². The zero-order valence-corrected chi connectivity index (χ0v) is 12.6. The molecule has 4 heteroatoms. The van der Waals surface area contributed by atoms with Crippen LogP contribution in [0.4, 0.5) is 4.79 Å². The van der Waals surface area contributed by atoms with Crippen LogP contribution in [0.25, 0.3) is 10.8 Å². The summed E-state index contributed by atoms with van der Waals surface area (Å²) in [7, 11) is 0. The van der Waals surface area contributed by atoms with Crippen LogP contribution in [0.2, 0.25) is 0 Å². The summed E-state index contributed by atoms with van der Waals surface area (Å²) in [5.74, 6) is 0. The van der Waals surface area contributed by atoms with Gasteiger partial charge in [0.1, 0.15) is 5.60 Å². The third kappa shape index (κ3) is 3.95. The van der Waals surface area contributed by atoms with Crippen molar-refractivity contribution in [2.75, 3.05) is 6.61 Å². The highest BCUT2D eigenvalue weighted by molar-refractivity contribution is 5.86. The molecule has 2 N–H and O–H groups in total. The van der Waals surface area contributed by atoms with Crippen LogP contribution in [-0.2, 0) is 4.74 Å². The summed E-state index contributed by atoms with van der Waals surface area (Å²) in [4.78, 5) is 11.9. The summed E-state index contributed by atoms with van der Waals surface area (Å²) in [5, 5.41) is 14.4. The van der Waals surface area contributed by atoms with Crippen LogP contribution in [0, 0.1) is 0 Å². The van der Waals surface area contributed by atoms with Crippen molar-refractivity contribution in [3.8, 4) is 0 Å². The van der Waals surface area contributed by atoms with Gasteiger partial charge in [0.15, 0.2) is 0 Å². The molecular weight excluding hydrogens is 266 g/mol. The second-order valence-corrected chi connectivity index (χ2v) is 5.95. The van der Waals surface area contributed by atoms with Gasteiger partial charge in [-0.15, -0.1) is 0 Å². The number of carbonyl (C=O) groups is 1. The number of fused-ring (bicyclic) bond motifs is 1. The first kappa shape index (κ1) is 15.3. The molecule has 1 atom stereocenters. The first-order valence-electron chi connectivity index (χ1n) is 6.99. The summed E-state index contributed by atoms with van der Waals surface area (Å²) in [6.45, 7) is 5.22. The smallest absolute Gasteiger partial charge is 0.408 e. The van der Waals surface area contributed by atoms with Gasteiger partial charge in [-0.3, -0.25) is 0 Å². The maximum atomic E-state index is 11.9. The Balaban J connectivity index is 2.26. The van der Waals surface area contributed by atoms with E-state index in [9.17, 15) is 9.90 Å². The molecule has 2 aromatic carbocycles. The van der Waals surface area contributed by atoms with Crippen molar-refractivity contribution in [1.82, 2.24) is 5.32 Å². The number of hydrogen-bond acceptors (Lipinski definition) is 3. The molecule has 0 aliphatic rings. The average Bonchev–Trinajstić information content (AvgIpc) is 2.42. The second kappa shape index (κ2) is 6.14. The van der Waals surface area contributed by atoms with E-state index < -0.39 is 17.7 Å².